The summed E-state index contributed by atoms with van der Waals surface area (Å²) < 4.78 is 11.3. The van der Waals surface area contributed by atoms with Crippen molar-refractivity contribution in [3.8, 4) is 0 Å². The first kappa shape index (κ1) is 12.2. The third kappa shape index (κ3) is 3.12. The van der Waals surface area contributed by atoms with Crippen LogP contribution in [-0.2, 0) is 14.3 Å². The molecule has 0 unspecified atom stereocenters. The second-order valence-electron chi connectivity index (χ2n) is 3.62. The van der Waals surface area contributed by atoms with Crippen LogP contribution in [0.2, 0.25) is 0 Å². The van der Waals surface area contributed by atoms with E-state index in [2.05, 4.69) is 27.9 Å². The van der Waals surface area contributed by atoms with Crippen molar-refractivity contribution in [2.24, 2.45) is 0 Å². The maximum absolute atomic E-state index is 11.8. The quantitative estimate of drug-likeness (QED) is 0.838. The fraction of sp³-hybridized carbons (Fsp3) is 0.250. The number of anilines is 1. The molecular weight excluding hydrogens is 333 g/mol. The molecule has 1 aliphatic heterocycles. The summed E-state index contributed by atoms with van der Waals surface area (Å²) in [6.45, 7) is 2.91. The van der Waals surface area contributed by atoms with Crippen molar-refractivity contribution in [1.82, 2.24) is 0 Å². The van der Waals surface area contributed by atoms with E-state index in [1.54, 1.807) is 0 Å². The van der Waals surface area contributed by atoms with E-state index in [4.69, 9.17) is 9.47 Å². The molecule has 90 valence electrons. The highest BCUT2D eigenvalue weighted by Gasteiger charge is 2.15. The van der Waals surface area contributed by atoms with E-state index in [-0.39, 0.29) is 11.7 Å². The Hall–Kier alpha value is -1.24. The molecule has 0 aromatic heterocycles. The molecule has 0 aliphatic carbocycles. The van der Waals surface area contributed by atoms with Crippen molar-refractivity contribution in [3.63, 3.8) is 0 Å². The van der Waals surface area contributed by atoms with Crippen LogP contribution >= 0.6 is 22.6 Å². The molecule has 2 rings (SSSR count). The molecule has 17 heavy (non-hydrogen) atoms. The fourth-order valence-electron chi connectivity index (χ4n) is 1.35. The van der Waals surface area contributed by atoms with Gasteiger partial charge in [0, 0.05) is 9.26 Å². The maximum Gasteiger partial charge on any atom is 0.294 e. The van der Waals surface area contributed by atoms with Crippen LogP contribution in [0.3, 0.4) is 0 Å². The number of carbonyl (C=O) groups is 1. The van der Waals surface area contributed by atoms with Gasteiger partial charge in [-0.25, -0.2) is 0 Å². The first-order valence-corrected chi connectivity index (χ1v) is 6.27. The first-order valence-electron chi connectivity index (χ1n) is 5.19. The summed E-state index contributed by atoms with van der Waals surface area (Å²) in [4.78, 5) is 11.8. The average molecular weight is 345 g/mol. The van der Waals surface area contributed by atoms with Crippen molar-refractivity contribution < 1.29 is 14.3 Å². The minimum absolute atomic E-state index is 0.215. The molecular formula is C12H12INO3. The van der Waals surface area contributed by atoms with Crippen LogP contribution in [0.15, 0.2) is 30.2 Å². The van der Waals surface area contributed by atoms with Gasteiger partial charge in [-0.15, -0.1) is 0 Å². The molecule has 0 radical (unpaired) electrons. The van der Waals surface area contributed by atoms with Crippen molar-refractivity contribution in [3.05, 3.63) is 39.4 Å². The summed E-state index contributed by atoms with van der Waals surface area (Å²) in [5.41, 5.74) is 1.93. The summed E-state index contributed by atoms with van der Waals surface area (Å²) in [7, 11) is 0. The summed E-state index contributed by atoms with van der Waals surface area (Å²) in [6.07, 6.45) is 1.35. The predicted octanol–water partition coefficient (Wildman–Crippen LogP) is 2.43. The van der Waals surface area contributed by atoms with Gasteiger partial charge in [0.05, 0.1) is 0 Å². The summed E-state index contributed by atoms with van der Waals surface area (Å²) >= 11 is 2.23. The number of amides is 1. The van der Waals surface area contributed by atoms with Crippen molar-refractivity contribution in [2.75, 3.05) is 18.5 Å². The highest BCUT2D eigenvalue weighted by molar-refractivity contribution is 14.1. The minimum atomic E-state index is -0.288. The summed E-state index contributed by atoms with van der Waals surface area (Å²) in [5.74, 6) is -0.0730. The lowest BCUT2D eigenvalue weighted by Gasteiger charge is -2.15. The van der Waals surface area contributed by atoms with Gasteiger partial charge in [0.25, 0.3) is 5.91 Å². The third-order valence-electron chi connectivity index (χ3n) is 2.30. The van der Waals surface area contributed by atoms with Gasteiger partial charge in [0.1, 0.15) is 19.5 Å². The van der Waals surface area contributed by atoms with Gasteiger partial charge in [-0.3, -0.25) is 4.79 Å². The molecule has 1 aromatic carbocycles. The second kappa shape index (κ2) is 5.39. The van der Waals surface area contributed by atoms with Gasteiger partial charge in [0.2, 0.25) is 5.76 Å². The van der Waals surface area contributed by atoms with Crippen LogP contribution in [-0.4, -0.2) is 19.1 Å². The van der Waals surface area contributed by atoms with Gasteiger partial charge >= 0.3 is 0 Å². The average Bonchev–Trinajstić information content (AvgIpc) is 2.35. The van der Waals surface area contributed by atoms with Gasteiger partial charge in [-0.1, -0.05) is 6.07 Å². The minimum Gasteiger partial charge on any atom is -0.494 e. The van der Waals surface area contributed by atoms with Gasteiger partial charge < -0.3 is 14.8 Å². The Balaban J connectivity index is 2.07. The van der Waals surface area contributed by atoms with Gasteiger partial charge in [-0.2, -0.15) is 0 Å². The zero-order valence-electron chi connectivity index (χ0n) is 9.33. The first-order chi connectivity index (χ1) is 8.16. The van der Waals surface area contributed by atoms with Gasteiger partial charge in [-0.05, 0) is 47.2 Å². The lowest BCUT2D eigenvalue weighted by molar-refractivity contribution is -0.117. The number of ether oxygens (including phenoxy) is 2. The molecule has 1 N–H and O–H groups in total. The molecule has 0 saturated heterocycles. The van der Waals surface area contributed by atoms with E-state index in [1.807, 2.05) is 25.1 Å². The summed E-state index contributed by atoms with van der Waals surface area (Å²) in [5, 5.41) is 2.76. The smallest absolute Gasteiger partial charge is 0.294 e. The summed E-state index contributed by atoms with van der Waals surface area (Å²) in [6, 6.07) is 5.74. The largest absolute Gasteiger partial charge is 0.494 e. The number of carbonyl (C=O) groups excluding carboxylic acids is 1. The predicted molar refractivity (Wildman–Crippen MR) is 72.5 cm³/mol. The second-order valence-corrected chi connectivity index (χ2v) is 4.78. The third-order valence-corrected chi connectivity index (χ3v) is 3.46. The standard InChI is InChI=1S/C12H12INO3/c1-8-2-3-9(6-10(8)13)14-12(15)11-7-16-4-5-17-11/h2-3,6-7H,4-5H2,1H3,(H,14,15). The Kier molecular flexibility index (Phi) is 3.88. The SMILES string of the molecule is Cc1ccc(NC(=O)C2=COCCO2)cc1I. The highest BCUT2D eigenvalue weighted by Crippen LogP contribution is 2.18. The van der Waals surface area contributed by atoms with Crippen molar-refractivity contribution in [1.29, 1.82) is 0 Å². The van der Waals surface area contributed by atoms with Gasteiger partial charge in [0.15, 0.2) is 0 Å². The zero-order chi connectivity index (χ0) is 12.3. The topological polar surface area (TPSA) is 47.6 Å². The van der Waals surface area contributed by atoms with E-state index in [0.29, 0.717) is 13.2 Å². The Morgan fingerprint density at radius 3 is 2.88 bits per heavy atom. The molecule has 1 heterocycles. The van der Waals surface area contributed by atoms with Crippen LogP contribution in [0.5, 0.6) is 0 Å². The van der Waals surface area contributed by atoms with Crippen molar-refractivity contribution in [2.45, 2.75) is 6.92 Å². The van der Waals surface area contributed by atoms with E-state index in [1.165, 1.54) is 11.8 Å². The number of halogens is 1. The molecule has 1 aromatic rings. The van der Waals surface area contributed by atoms with Crippen LogP contribution < -0.4 is 5.32 Å². The lowest BCUT2D eigenvalue weighted by atomic mass is 10.2. The van der Waals surface area contributed by atoms with Crippen LogP contribution in [0, 0.1) is 10.5 Å². The number of hydrogen-bond acceptors (Lipinski definition) is 3. The number of rotatable bonds is 2. The number of nitrogens with one attached hydrogen (secondary N) is 1. The van der Waals surface area contributed by atoms with E-state index < -0.39 is 0 Å². The zero-order valence-corrected chi connectivity index (χ0v) is 11.5. The molecule has 1 aliphatic rings. The molecule has 0 bridgehead atoms. The van der Waals surface area contributed by atoms with E-state index in [0.717, 1.165) is 9.26 Å². The molecule has 4 nitrogen and oxygen atoms in total. The molecule has 5 heteroatoms. The van der Waals surface area contributed by atoms with Crippen LogP contribution in [0.25, 0.3) is 0 Å². The lowest BCUT2D eigenvalue weighted by Crippen LogP contribution is -2.21. The molecule has 1 amide bonds. The normalized spacial score (nSPS) is 14.4. The Morgan fingerprint density at radius 1 is 1.41 bits per heavy atom. The number of benzene rings is 1. The van der Waals surface area contributed by atoms with E-state index in [9.17, 15) is 4.79 Å². The fourth-order valence-corrected chi connectivity index (χ4v) is 1.87. The monoisotopic (exact) mass is 345 g/mol. The number of aryl methyl sites for hydroxylation is 1. The Labute approximate surface area is 113 Å². The Bertz CT molecular complexity index is 471. The maximum atomic E-state index is 11.8. The Morgan fingerprint density at radius 2 is 2.24 bits per heavy atom. The van der Waals surface area contributed by atoms with E-state index >= 15 is 0 Å². The van der Waals surface area contributed by atoms with Crippen LogP contribution in [0.4, 0.5) is 5.69 Å². The number of hydrogen-bond donors (Lipinski definition) is 1. The van der Waals surface area contributed by atoms with Crippen LogP contribution in [0.1, 0.15) is 5.56 Å². The molecule has 0 atom stereocenters. The highest BCUT2D eigenvalue weighted by atomic mass is 127. The molecule has 0 saturated carbocycles. The van der Waals surface area contributed by atoms with Crippen molar-refractivity contribution >= 4 is 34.2 Å². The molecule has 0 fully saturated rings. The molecule has 0 spiro atoms.